The third kappa shape index (κ3) is 3.43. The highest BCUT2D eigenvalue weighted by molar-refractivity contribution is 6.43. The fourth-order valence-electron chi connectivity index (χ4n) is 1.34. The molecule has 0 bridgehead atoms. The zero-order chi connectivity index (χ0) is 12.0. The van der Waals surface area contributed by atoms with Gasteiger partial charge in [-0.2, -0.15) is 0 Å². The number of rotatable bonds is 5. The molecule has 0 saturated carbocycles. The van der Waals surface area contributed by atoms with E-state index in [-0.39, 0.29) is 0 Å². The molecular formula is C13H16Cl2O. The predicted octanol–water partition coefficient (Wildman–Crippen LogP) is 5.17. The van der Waals surface area contributed by atoms with Crippen molar-refractivity contribution in [3.05, 3.63) is 39.9 Å². The molecule has 0 aliphatic heterocycles. The second-order valence-corrected chi connectivity index (χ2v) is 4.24. The van der Waals surface area contributed by atoms with Crippen LogP contribution in [0, 0.1) is 0 Å². The van der Waals surface area contributed by atoms with Crippen molar-refractivity contribution in [2.45, 2.75) is 26.7 Å². The van der Waals surface area contributed by atoms with Gasteiger partial charge in [0.1, 0.15) is 5.76 Å². The van der Waals surface area contributed by atoms with Crippen molar-refractivity contribution in [2.24, 2.45) is 0 Å². The third-order valence-corrected chi connectivity index (χ3v) is 3.05. The van der Waals surface area contributed by atoms with Crippen molar-refractivity contribution >= 4 is 29.0 Å². The van der Waals surface area contributed by atoms with Crippen molar-refractivity contribution < 1.29 is 4.74 Å². The first kappa shape index (κ1) is 13.4. The lowest BCUT2D eigenvalue weighted by Crippen LogP contribution is -1.95. The number of allylic oxidation sites excluding steroid dienone is 1. The molecule has 3 heteroatoms. The average molecular weight is 259 g/mol. The summed E-state index contributed by atoms with van der Waals surface area (Å²) in [6.45, 7) is 4.77. The van der Waals surface area contributed by atoms with E-state index >= 15 is 0 Å². The van der Waals surface area contributed by atoms with E-state index < -0.39 is 0 Å². The minimum absolute atomic E-state index is 0.550. The molecule has 0 heterocycles. The summed E-state index contributed by atoms with van der Waals surface area (Å²) < 4.78 is 5.67. The van der Waals surface area contributed by atoms with Crippen LogP contribution in [-0.2, 0) is 4.74 Å². The van der Waals surface area contributed by atoms with Gasteiger partial charge in [-0.25, -0.2) is 0 Å². The second kappa shape index (κ2) is 6.82. The Morgan fingerprint density at radius 3 is 2.75 bits per heavy atom. The molecule has 0 amide bonds. The van der Waals surface area contributed by atoms with E-state index in [4.69, 9.17) is 27.9 Å². The molecule has 0 radical (unpaired) electrons. The van der Waals surface area contributed by atoms with Crippen molar-refractivity contribution in [1.82, 2.24) is 0 Å². The van der Waals surface area contributed by atoms with Gasteiger partial charge in [0.05, 0.1) is 16.7 Å². The molecule has 16 heavy (non-hydrogen) atoms. The number of unbranched alkanes of at least 4 members (excludes halogenated alkanes) is 1. The molecular weight excluding hydrogens is 243 g/mol. The molecule has 0 unspecified atom stereocenters. The summed E-state index contributed by atoms with van der Waals surface area (Å²) in [7, 11) is 0. The van der Waals surface area contributed by atoms with Crippen molar-refractivity contribution in [3.63, 3.8) is 0 Å². The Kier molecular flexibility index (Phi) is 5.72. The first-order valence-electron chi connectivity index (χ1n) is 5.44. The third-order valence-electron chi connectivity index (χ3n) is 2.23. The zero-order valence-electron chi connectivity index (χ0n) is 9.59. The highest BCUT2D eigenvalue weighted by atomic mass is 35.5. The van der Waals surface area contributed by atoms with Crippen LogP contribution in [0.5, 0.6) is 0 Å². The minimum Gasteiger partial charge on any atom is -0.493 e. The molecule has 0 aliphatic rings. The van der Waals surface area contributed by atoms with Crippen LogP contribution in [0.4, 0.5) is 0 Å². The maximum atomic E-state index is 6.13. The van der Waals surface area contributed by atoms with Gasteiger partial charge in [-0.05, 0) is 31.6 Å². The average Bonchev–Trinajstić information content (AvgIpc) is 2.29. The molecule has 88 valence electrons. The summed E-state index contributed by atoms with van der Waals surface area (Å²) in [6, 6.07) is 5.55. The molecule has 0 fully saturated rings. The van der Waals surface area contributed by atoms with Gasteiger partial charge >= 0.3 is 0 Å². The van der Waals surface area contributed by atoms with Crippen LogP contribution in [0.15, 0.2) is 24.3 Å². The van der Waals surface area contributed by atoms with Crippen LogP contribution in [0.3, 0.4) is 0 Å². The van der Waals surface area contributed by atoms with Crippen molar-refractivity contribution in [3.8, 4) is 0 Å². The summed E-state index contributed by atoms with van der Waals surface area (Å²) in [5.74, 6) is 0.793. The highest BCUT2D eigenvalue weighted by Gasteiger charge is 2.09. The number of ether oxygens (including phenoxy) is 1. The van der Waals surface area contributed by atoms with Crippen LogP contribution in [-0.4, -0.2) is 6.61 Å². The molecule has 0 N–H and O–H groups in total. The minimum atomic E-state index is 0.550. The fourth-order valence-corrected chi connectivity index (χ4v) is 1.73. The summed E-state index contributed by atoms with van der Waals surface area (Å²) in [5, 5.41) is 1.10. The van der Waals surface area contributed by atoms with E-state index in [1.165, 1.54) is 0 Å². The van der Waals surface area contributed by atoms with E-state index in [1.54, 1.807) is 6.07 Å². The molecule has 1 rings (SSSR count). The summed E-state index contributed by atoms with van der Waals surface area (Å²) >= 11 is 12.1. The molecule has 0 spiro atoms. The molecule has 1 nitrogen and oxygen atoms in total. The topological polar surface area (TPSA) is 9.23 Å². The Labute approximate surface area is 107 Å². The number of halogens is 2. The van der Waals surface area contributed by atoms with Crippen LogP contribution in [0.1, 0.15) is 32.3 Å². The smallest absolute Gasteiger partial charge is 0.123 e. The molecule has 1 aromatic rings. The lowest BCUT2D eigenvalue weighted by molar-refractivity contribution is 0.270. The van der Waals surface area contributed by atoms with Gasteiger partial charge in [-0.3, -0.25) is 0 Å². The standard InChI is InChI=1S/C13H16Cl2O/c1-3-5-9-16-12(4-2)10-7-6-8-11(14)13(10)15/h4,6-8H,3,5,9H2,1-2H3. The van der Waals surface area contributed by atoms with Gasteiger partial charge in [0.2, 0.25) is 0 Å². The normalized spacial score (nSPS) is 11.6. The van der Waals surface area contributed by atoms with Crippen LogP contribution in [0.2, 0.25) is 10.0 Å². The van der Waals surface area contributed by atoms with Gasteiger partial charge in [0.15, 0.2) is 0 Å². The summed E-state index contributed by atoms with van der Waals surface area (Å²) in [5.41, 5.74) is 0.854. The Morgan fingerprint density at radius 1 is 1.38 bits per heavy atom. The maximum absolute atomic E-state index is 6.13. The molecule has 0 aliphatic carbocycles. The SMILES string of the molecule is CC=C(OCCCC)c1cccc(Cl)c1Cl. The fraction of sp³-hybridized carbons (Fsp3) is 0.385. The van der Waals surface area contributed by atoms with E-state index in [0.717, 1.165) is 24.2 Å². The summed E-state index contributed by atoms with van der Waals surface area (Å²) in [4.78, 5) is 0. The van der Waals surface area contributed by atoms with Crippen molar-refractivity contribution in [2.75, 3.05) is 6.61 Å². The molecule has 1 aromatic carbocycles. The zero-order valence-corrected chi connectivity index (χ0v) is 11.1. The molecule has 0 atom stereocenters. The van der Waals surface area contributed by atoms with E-state index in [1.807, 2.05) is 25.1 Å². The monoisotopic (exact) mass is 258 g/mol. The highest BCUT2D eigenvalue weighted by Crippen LogP contribution is 2.31. The number of hydrogen-bond donors (Lipinski definition) is 0. The van der Waals surface area contributed by atoms with Gasteiger partial charge in [0, 0.05) is 5.56 Å². The lowest BCUT2D eigenvalue weighted by atomic mass is 10.2. The molecule has 0 saturated heterocycles. The Hall–Kier alpha value is -0.660. The Morgan fingerprint density at radius 2 is 2.12 bits per heavy atom. The second-order valence-electron chi connectivity index (χ2n) is 3.46. The summed E-state index contributed by atoms with van der Waals surface area (Å²) in [6.07, 6.45) is 4.06. The lowest BCUT2D eigenvalue weighted by Gasteiger charge is -2.12. The van der Waals surface area contributed by atoms with E-state index in [2.05, 4.69) is 6.92 Å². The Balaban J connectivity index is 2.84. The molecule has 0 aromatic heterocycles. The maximum Gasteiger partial charge on any atom is 0.123 e. The van der Waals surface area contributed by atoms with E-state index in [9.17, 15) is 0 Å². The van der Waals surface area contributed by atoms with Gasteiger partial charge < -0.3 is 4.74 Å². The van der Waals surface area contributed by atoms with Crippen LogP contribution in [0.25, 0.3) is 5.76 Å². The largest absolute Gasteiger partial charge is 0.493 e. The predicted molar refractivity (Wildman–Crippen MR) is 71.0 cm³/mol. The van der Waals surface area contributed by atoms with E-state index in [0.29, 0.717) is 16.7 Å². The quantitative estimate of drug-likeness (QED) is 0.523. The van der Waals surface area contributed by atoms with Crippen LogP contribution >= 0.6 is 23.2 Å². The van der Waals surface area contributed by atoms with Crippen LogP contribution < -0.4 is 0 Å². The first-order chi connectivity index (χ1) is 7.70. The van der Waals surface area contributed by atoms with Gasteiger partial charge in [-0.15, -0.1) is 0 Å². The Bertz CT molecular complexity index is 372. The van der Waals surface area contributed by atoms with Gasteiger partial charge in [0.25, 0.3) is 0 Å². The first-order valence-corrected chi connectivity index (χ1v) is 6.19. The number of benzene rings is 1. The van der Waals surface area contributed by atoms with Crippen molar-refractivity contribution in [1.29, 1.82) is 0 Å². The number of hydrogen-bond acceptors (Lipinski definition) is 1. The van der Waals surface area contributed by atoms with Gasteiger partial charge in [-0.1, -0.05) is 42.6 Å².